The van der Waals surface area contributed by atoms with Crippen molar-refractivity contribution in [2.45, 2.75) is 33.1 Å². The maximum atomic E-state index is 10.9. The zero-order valence-corrected chi connectivity index (χ0v) is 12.2. The normalized spacial score (nSPS) is 15.8. The second-order valence-electron chi connectivity index (χ2n) is 5.15. The van der Waals surface area contributed by atoms with Gasteiger partial charge in [-0.05, 0) is 25.8 Å². The molecule has 1 aromatic rings. The number of non-ortho nitro benzene ring substituents is 1. The van der Waals surface area contributed by atoms with Gasteiger partial charge in [0.2, 0.25) is 0 Å². The number of rotatable bonds is 4. The Bertz CT molecular complexity index is 556. The van der Waals surface area contributed by atoms with Gasteiger partial charge in [-0.2, -0.15) is 0 Å². The molecule has 0 saturated carbocycles. The van der Waals surface area contributed by atoms with Gasteiger partial charge in [0.05, 0.1) is 4.92 Å². The molecule has 4 nitrogen and oxygen atoms in total. The molecule has 0 spiro atoms. The minimum absolute atomic E-state index is 0.114. The summed E-state index contributed by atoms with van der Waals surface area (Å²) in [6, 6.07) is 6.88. The van der Waals surface area contributed by atoms with Crippen molar-refractivity contribution in [2.24, 2.45) is 0 Å². The Balaban J connectivity index is 2.31. The van der Waals surface area contributed by atoms with E-state index < -0.39 is 0 Å². The van der Waals surface area contributed by atoms with E-state index in [1.807, 2.05) is 6.07 Å². The molecule has 106 valence electrons. The first kappa shape index (κ1) is 14.3. The zero-order valence-electron chi connectivity index (χ0n) is 12.2. The maximum absolute atomic E-state index is 10.9. The third kappa shape index (κ3) is 2.90. The minimum atomic E-state index is -0.344. The van der Waals surface area contributed by atoms with Crippen LogP contribution in [0.1, 0.15) is 38.7 Å². The lowest BCUT2D eigenvalue weighted by Gasteiger charge is -2.31. The number of nitrogens with zero attached hydrogens (tertiary/aromatic N) is 2. The Morgan fingerprint density at radius 3 is 2.45 bits per heavy atom. The fraction of sp³-hybridized carbons (Fsp3) is 0.375. The van der Waals surface area contributed by atoms with Crippen molar-refractivity contribution < 1.29 is 4.92 Å². The van der Waals surface area contributed by atoms with Gasteiger partial charge < -0.3 is 4.90 Å². The molecule has 0 fully saturated rings. The van der Waals surface area contributed by atoms with Gasteiger partial charge in [-0.3, -0.25) is 10.1 Å². The van der Waals surface area contributed by atoms with Crippen LogP contribution in [0, 0.1) is 10.1 Å². The Labute approximate surface area is 119 Å². The average Bonchev–Trinajstić information content (AvgIpc) is 2.42. The van der Waals surface area contributed by atoms with Crippen LogP contribution in [-0.2, 0) is 0 Å². The molecule has 1 aromatic carbocycles. The van der Waals surface area contributed by atoms with Gasteiger partial charge in [-0.15, -0.1) is 0 Å². The lowest BCUT2D eigenvalue weighted by molar-refractivity contribution is -0.384. The van der Waals surface area contributed by atoms with E-state index in [4.69, 9.17) is 0 Å². The Morgan fingerprint density at radius 1 is 1.25 bits per heavy atom. The summed E-state index contributed by atoms with van der Waals surface area (Å²) in [5.41, 5.74) is 3.54. The molecule has 0 aliphatic carbocycles. The van der Waals surface area contributed by atoms with Crippen molar-refractivity contribution in [2.75, 3.05) is 6.54 Å². The molecule has 0 atom stereocenters. The van der Waals surface area contributed by atoms with Gasteiger partial charge in [-0.25, -0.2) is 0 Å². The number of nitro benzene ring substituents is 1. The highest BCUT2D eigenvalue weighted by molar-refractivity contribution is 5.41. The predicted octanol–water partition coefficient (Wildman–Crippen LogP) is 4.21. The van der Waals surface area contributed by atoms with E-state index in [0.29, 0.717) is 0 Å². The molecule has 0 aromatic heterocycles. The van der Waals surface area contributed by atoms with Gasteiger partial charge in [-0.1, -0.05) is 31.2 Å². The van der Waals surface area contributed by atoms with Gasteiger partial charge in [0, 0.05) is 36.0 Å². The van der Waals surface area contributed by atoms with Crippen LogP contribution in [0.5, 0.6) is 0 Å². The SMILES string of the molecule is CCCN1C(C)=CC(c2cccc([N+](=O)[O-])c2)C=C1C. The van der Waals surface area contributed by atoms with Gasteiger partial charge in [0.1, 0.15) is 0 Å². The molecular formula is C16H20N2O2. The predicted molar refractivity (Wildman–Crippen MR) is 80.3 cm³/mol. The second kappa shape index (κ2) is 5.90. The highest BCUT2D eigenvalue weighted by Gasteiger charge is 2.18. The summed E-state index contributed by atoms with van der Waals surface area (Å²) in [6.45, 7) is 7.35. The molecule has 0 N–H and O–H groups in total. The smallest absolute Gasteiger partial charge is 0.269 e. The van der Waals surface area contributed by atoms with Gasteiger partial charge in [0.25, 0.3) is 5.69 Å². The molecule has 1 aliphatic rings. The molecule has 4 heteroatoms. The topological polar surface area (TPSA) is 46.4 Å². The molecule has 0 saturated heterocycles. The molecule has 0 bridgehead atoms. The van der Waals surface area contributed by atoms with Crippen molar-refractivity contribution in [1.82, 2.24) is 4.90 Å². The van der Waals surface area contributed by atoms with Gasteiger partial charge >= 0.3 is 0 Å². The number of benzene rings is 1. The summed E-state index contributed by atoms with van der Waals surface area (Å²) < 4.78 is 0. The third-order valence-corrected chi connectivity index (χ3v) is 3.61. The number of hydrogen-bond acceptors (Lipinski definition) is 3. The van der Waals surface area contributed by atoms with Crippen LogP contribution >= 0.6 is 0 Å². The third-order valence-electron chi connectivity index (χ3n) is 3.61. The first-order valence-corrected chi connectivity index (χ1v) is 6.91. The fourth-order valence-corrected chi connectivity index (χ4v) is 2.64. The highest BCUT2D eigenvalue weighted by Crippen LogP contribution is 2.31. The molecule has 2 rings (SSSR count). The Morgan fingerprint density at radius 2 is 1.90 bits per heavy atom. The van der Waals surface area contributed by atoms with Crippen molar-refractivity contribution in [3.05, 3.63) is 63.5 Å². The molecule has 1 aliphatic heterocycles. The largest absolute Gasteiger partial charge is 0.350 e. The fourth-order valence-electron chi connectivity index (χ4n) is 2.64. The summed E-state index contributed by atoms with van der Waals surface area (Å²) in [5, 5.41) is 10.9. The summed E-state index contributed by atoms with van der Waals surface area (Å²) >= 11 is 0. The number of nitro groups is 1. The maximum Gasteiger partial charge on any atom is 0.269 e. The molecule has 0 unspecified atom stereocenters. The van der Waals surface area contributed by atoms with Crippen molar-refractivity contribution in [1.29, 1.82) is 0 Å². The Kier molecular flexibility index (Phi) is 4.23. The van der Waals surface area contributed by atoms with Crippen LogP contribution in [0.3, 0.4) is 0 Å². The van der Waals surface area contributed by atoms with Crippen LogP contribution < -0.4 is 0 Å². The molecule has 0 radical (unpaired) electrons. The van der Waals surface area contributed by atoms with E-state index in [-0.39, 0.29) is 16.5 Å². The molecule has 1 heterocycles. The standard InChI is InChI=1S/C16H20N2O2/c1-4-8-17-12(2)9-15(10-13(17)3)14-6-5-7-16(11-14)18(19)20/h5-7,9-11,15H,4,8H2,1-3H3. The van der Waals surface area contributed by atoms with E-state index in [1.54, 1.807) is 12.1 Å². The summed E-state index contributed by atoms with van der Waals surface area (Å²) in [6.07, 6.45) is 5.43. The van der Waals surface area contributed by atoms with Crippen LogP contribution in [0.2, 0.25) is 0 Å². The molecule has 20 heavy (non-hydrogen) atoms. The quantitative estimate of drug-likeness (QED) is 0.609. The van der Waals surface area contributed by atoms with Crippen molar-refractivity contribution >= 4 is 5.69 Å². The van der Waals surface area contributed by atoms with Crippen LogP contribution in [0.4, 0.5) is 5.69 Å². The lowest BCUT2D eigenvalue weighted by Crippen LogP contribution is -2.24. The number of allylic oxidation sites excluding steroid dienone is 4. The highest BCUT2D eigenvalue weighted by atomic mass is 16.6. The molecule has 0 amide bonds. The van der Waals surface area contributed by atoms with Crippen LogP contribution in [0.25, 0.3) is 0 Å². The van der Waals surface area contributed by atoms with E-state index >= 15 is 0 Å². The minimum Gasteiger partial charge on any atom is -0.350 e. The van der Waals surface area contributed by atoms with Crippen molar-refractivity contribution in [3.63, 3.8) is 0 Å². The lowest BCUT2D eigenvalue weighted by atomic mass is 9.93. The van der Waals surface area contributed by atoms with E-state index in [2.05, 4.69) is 37.8 Å². The van der Waals surface area contributed by atoms with E-state index in [1.165, 1.54) is 17.5 Å². The summed E-state index contributed by atoms with van der Waals surface area (Å²) in [7, 11) is 0. The van der Waals surface area contributed by atoms with Crippen molar-refractivity contribution in [3.8, 4) is 0 Å². The average molecular weight is 272 g/mol. The monoisotopic (exact) mass is 272 g/mol. The van der Waals surface area contributed by atoms with Crippen LogP contribution in [0.15, 0.2) is 47.8 Å². The van der Waals surface area contributed by atoms with E-state index in [0.717, 1.165) is 18.5 Å². The summed E-state index contributed by atoms with van der Waals surface area (Å²) in [5.74, 6) is 0.114. The first-order chi connectivity index (χ1) is 9.52. The van der Waals surface area contributed by atoms with Gasteiger partial charge in [0.15, 0.2) is 0 Å². The second-order valence-corrected chi connectivity index (χ2v) is 5.15. The zero-order chi connectivity index (χ0) is 14.7. The van der Waals surface area contributed by atoms with E-state index in [9.17, 15) is 10.1 Å². The Hall–Kier alpha value is -2.10. The van der Waals surface area contributed by atoms with Crippen LogP contribution in [-0.4, -0.2) is 16.4 Å². The number of hydrogen-bond donors (Lipinski definition) is 0. The summed E-state index contributed by atoms with van der Waals surface area (Å²) in [4.78, 5) is 12.8. The molecular weight excluding hydrogens is 252 g/mol. The first-order valence-electron chi connectivity index (χ1n) is 6.91.